The lowest BCUT2D eigenvalue weighted by molar-refractivity contribution is 0.898. The van der Waals surface area contributed by atoms with Crippen molar-refractivity contribution >= 4 is 28.3 Å². The van der Waals surface area contributed by atoms with Crippen LogP contribution < -0.4 is 11.3 Å². The summed E-state index contributed by atoms with van der Waals surface area (Å²) in [6.07, 6.45) is 0. The summed E-state index contributed by atoms with van der Waals surface area (Å²) in [6, 6.07) is 16.8. The highest BCUT2D eigenvalue weighted by Crippen LogP contribution is 2.32. The van der Waals surface area contributed by atoms with Crippen molar-refractivity contribution in [3.63, 3.8) is 0 Å². The van der Waals surface area contributed by atoms with Gasteiger partial charge in [0, 0.05) is 10.6 Å². The number of halogens is 1. The van der Waals surface area contributed by atoms with Crippen LogP contribution in [-0.4, -0.2) is 20.0 Å². The Labute approximate surface area is 141 Å². The molecule has 7 heteroatoms. The van der Waals surface area contributed by atoms with Crippen molar-refractivity contribution in [1.29, 1.82) is 0 Å². The molecule has 0 aliphatic heterocycles. The lowest BCUT2D eigenvalue weighted by Crippen LogP contribution is -2.10. The highest BCUT2D eigenvalue weighted by Gasteiger charge is 2.19. The molecule has 0 spiro atoms. The number of fused-ring (bicyclic) bond motifs is 1. The lowest BCUT2D eigenvalue weighted by atomic mass is 10.1. The topological polar surface area (TPSA) is 89.6 Å². The van der Waals surface area contributed by atoms with Gasteiger partial charge in [-0.1, -0.05) is 41.9 Å². The summed E-state index contributed by atoms with van der Waals surface area (Å²) in [5, 5.41) is 11.9. The molecule has 24 heavy (non-hydrogen) atoms. The van der Waals surface area contributed by atoms with Crippen LogP contribution in [-0.2, 0) is 0 Å². The number of nitrogens with two attached hydrogens (primary N) is 1. The van der Waals surface area contributed by atoms with Crippen LogP contribution in [0.3, 0.4) is 0 Å². The molecule has 0 aliphatic rings. The van der Waals surface area contributed by atoms with Gasteiger partial charge >= 0.3 is 0 Å². The second-order valence-electron chi connectivity index (χ2n) is 5.26. The first-order valence-corrected chi connectivity index (χ1v) is 7.61. The predicted octanol–water partition coefficient (Wildman–Crippen LogP) is 3.01. The van der Waals surface area contributed by atoms with Gasteiger partial charge in [0.1, 0.15) is 0 Å². The fourth-order valence-corrected chi connectivity index (χ4v) is 2.80. The molecule has 0 aliphatic carbocycles. The summed E-state index contributed by atoms with van der Waals surface area (Å²) in [7, 11) is 0. The number of hydrogen-bond acceptors (Lipinski definition) is 4. The molecule has 4 aromatic rings. The minimum absolute atomic E-state index is 0.226. The number of rotatable bonds is 2. The smallest absolute Gasteiger partial charge is 0.292 e. The molecule has 0 radical (unpaired) electrons. The van der Waals surface area contributed by atoms with Gasteiger partial charge in [0.25, 0.3) is 5.56 Å². The van der Waals surface area contributed by atoms with E-state index >= 15 is 0 Å². The fraction of sp³-hybridized carbons (Fsp3) is 0. The largest absolute Gasteiger partial charge is 0.382 e. The van der Waals surface area contributed by atoms with Gasteiger partial charge in [0.2, 0.25) is 0 Å². The molecule has 6 nitrogen and oxygen atoms in total. The fourth-order valence-electron chi connectivity index (χ4n) is 2.67. The first-order valence-electron chi connectivity index (χ1n) is 7.23. The first kappa shape index (κ1) is 14.5. The van der Waals surface area contributed by atoms with Crippen molar-refractivity contribution in [2.24, 2.45) is 0 Å². The van der Waals surface area contributed by atoms with Gasteiger partial charge in [-0.3, -0.25) is 4.79 Å². The Hall–Kier alpha value is -3.12. The van der Waals surface area contributed by atoms with Crippen LogP contribution in [0.2, 0.25) is 5.02 Å². The zero-order valence-electron chi connectivity index (χ0n) is 12.4. The van der Waals surface area contributed by atoms with E-state index in [4.69, 9.17) is 17.3 Å². The number of anilines is 1. The van der Waals surface area contributed by atoms with Gasteiger partial charge in [-0.05, 0) is 24.3 Å². The molecular weight excluding hydrogens is 326 g/mol. The molecule has 0 amide bonds. The molecule has 3 N–H and O–H groups in total. The molecule has 0 unspecified atom stereocenters. The quantitative estimate of drug-likeness (QED) is 0.588. The summed E-state index contributed by atoms with van der Waals surface area (Å²) in [4.78, 5) is 12.1. The molecule has 0 fully saturated rings. The van der Waals surface area contributed by atoms with E-state index < -0.39 is 0 Å². The van der Waals surface area contributed by atoms with E-state index in [1.165, 1.54) is 0 Å². The monoisotopic (exact) mass is 337 g/mol. The summed E-state index contributed by atoms with van der Waals surface area (Å²) >= 11 is 5.97. The maximum absolute atomic E-state index is 12.1. The molecule has 0 atom stereocenters. The number of nitrogen functional groups attached to an aromatic ring is 1. The zero-order chi connectivity index (χ0) is 16.7. The average Bonchev–Trinajstić information content (AvgIpc) is 3.01. The van der Waals surface area contributed by atoms with Gasteiger partial charge in [0.05, 0.1) is 16.8 Å². The third-order valence-corrected chi connectivity index (χ3v) is 4.00. The number of nitrogens with zero attached hydrogens (tertiary/aromatic N) is 3. The Morgan fingerprint density at radius 3 is 2.46 bits per heavy atom. The van der Waals surface area contributed by atoms with Crippen molar-refractivity contribution in [3.8, 4) is 16.9 Å². The SMILES string of the molecule is Nc1n[nH]c(=O)c2nn(-c3ccc(Cl)cc3)c(-c3ccccc3)c12. The van der Waals surface area contributed by atoms with Crippen molar-refractivity contribution in [2.45, 2.75) is 0 Å². The van der Waals surface area contributed by atoms with Crippen LogP contribution in [0, 0.1) is 0 Å². The van der Waals surface area contributed by atoms with Crippen molar-refractivity contribution in [3.05, 3.63) is 70.0 Å². The summed E-state index contributed by atoms with van der Waals surface area (Å²) in [5.74, 6) is 0.226. The number of hydrogen-bond donors (Lipinski definition) is 2. The van der Waals surface area contributed by atoms with E-state index in [0.717, 1.165) is 11.3 Å². The van der Waals surface area contributed by atoms with Gasteiger partial charge in [-0.15, -0.1) is 0 Å². The predicted molar refractivity (Wildman–Crippen MR) is 94.3 cm³/mol. The van der Waals surface area contributed by atoms with E-state index in [9.17, 15) is 4.79 Å². The van der Waals surface area contributed by atoms with Crippen molar-refractivity contribution < 1.29 is 0 Å². The summed E-state index contributed by atoms with van der Waals surface area (Å²) < 4.78 is 1.68. The Morgan fingerprint density at radius 2 is 1.75 bits per heavy atom. The summed E-state index contributed by atoms with van der Waals surface area (Å²) in [5.41, 5.74) is 8.25. The Bertz CT molecular complexity index is 1080. The molecule has 2 aromatic carbocycles. The highest BCUT2D eigenvalue weighted by atomic mass is 35.5. The second-order valence-corrected chi connectivity index (χ2v) is 5.70. The van der Waals surface area contributed by atoms with E-state index in [-0.39, 0.29) is 16.9 Å². The first-order chi connectivity index (χ1) is 11.6. The third kappa shape index (κ3) is 2.24. The Morgan fingerprint density at radius 1 is 1.04 bits per heavy atom. The van der Waals surface area contributed by atoms with E-state index in [1.807, 2.05) is 42.5 Å². The molecule has 0 saturated heterocycles. The van der Waals surface area contributed by atoms with E-state index in [2.05, 4.69) is 15.3 Å². The van der Waals surface area contributed by atoms with Crippen LogP contribution in [0.15, 0.2) is 59.4 Å². The molecular formula is C17H12ClN5O. The minimum atomic E-state index is -0.385. The van der Waals surface area contributed by atoms with Gasteiger partial charge in [-0.2, -0.15) is 10.2 Å². The number of aromatic amines is 1. The Balaban J connectivity index is 2.13. The van der Waals surface area contributed by atoms with Crippen LogP contribution in [0.1, 0.15) is 0 Å². The minimum Gasteiger partial charge on any atom is -0.382 e. The number of benzene rings is 2. The van der Waals surface area contributed by atoms with Crippen molar-refractivity contribution in [1.82, 2.24) is 20.0 Å². The van der Waals surface area contributed by atoms with Crippen LogP contribution >= 0.6 is 11.6 Å². The van der Waals surface area contributed by atoms with Crippen LogP contribution in [0.5, 0.6) is 0 Å². The number of nitrogens with one attached hydrogen (secondary N) is 1. The van der Waals surface area contributed by atoms with Crippen molar-refractivity contribution in [2.75, 3.05) is 5.73 Å². The molecule has 118 valence electrons. The standard InChI is InChI=1S/C17H12ClN5O/c18-11-6-8-12(9-7-11)23-15(10-4-2-1-3-5-10)13-14(22-23)17(24)21-20-16(13)19/h1-9H,(H2,19,20)(H,21,24). The average molecular weight is 338 g/mol. The van der Waals surface area contributed by atoms with E-state index in [1.54, 1.807) is 16.8 Å². The van der Waals surface area contributed by atoms with Crippen LogP contribution in [0.4, 0.5) is 5.82 Å². The number of aromatic nitrogens is 4. The molecule has 0 bridgehead atoms. The zero-order valence-corrected chi connectivity index (χ0v) is 13.2. The maximum atomic E-state index is 12.1. The molecule has 0 saturated carbocycles. The maximum Gasteiger partial charge on any atom is 0.292 e. The molecule has 2 heterocycles. The normalized spacial score (nSPS) is 11.0. The van der Waals surface area contributed by atoms with Crippen LogP contribution in [0.25, 0.3) is 27.8 Å². The second kappa shape index (κ2) is 5.50. The summed E-state index contributed by atoms with van der Waals surface area (Å²) in [6.45, 7) is 0. The van der Waals surface area contributed by atoms with Gasteiger partial charge < -0.3 is 5.73 Å². The van der Waals surface area contributed by atoms with Gasteiger partial charge in [-0.25, -0.2) is 9.78 Å². The van der Waals surface area contributed by atoms with E-state index in [0.29, 0.717) is 16.1 Å². The molecule has 4 rings (SSSR count). The lowest BCUT2D eigenvalue weighted by Gasteiger charge is -2.08. The highest BCUT2D eigenvalue weighted by molar-refractivity contribution is 6.30. The third-order valence-electron chi connectivity index (χ3n) is 3.75. The molecule has 2 aromatic heterocycles. The Kier molecular flexibility index (Phi) is 3.32. The number of H-pyrrole nitrogens is 1. The van der Waals surface area contributed by atoms with Gasteiger partial charge in [0.15, 0.2) is 11.3 Å².